The number of ether oxygens (including phenoxy) is 3. The van der Waals surface area contributed by atoms with Crippen molar-refractivity contribution in [2.45, 2.75) is 13.5 Å². The van der Waals surface area contributed by atoms with Gasteiger partial charge in [-0.25, -0.2) is 0 Å². The molecule has 152 valence electrons. The van der Waals surface area contributed by atoms with E-state index in [0.717, 1.165) is 16.7 Å². The van der Waals surface area contributed by atoms with Gasteiger partial charge in [0.1, 0.15) is 23.9 Å². The Morgan fingerprint density at radius 3 is 2.60 bits per heavy atom. The second kappa shape index (κ2) is 8.42. The number of aryl methyl sites for hydroxylation is 1. The Kier molecular flexibility index (Phi) is 5.71. The van der Waals surface area contributed by atoms with E-state index in [1.165, 1.54) is 0 Å². The molecule has 3 aromatic rings. The molecule has 0 unspecified atom stereocenters. The highest BCUT2D eigenvalue weighted by atomic mass is 35.5. The van der Waals surface area contributed by atoms with Crippen molar-refractivity contribution in [2.24, 2.45) is 0 Å². The summed E-state index contributed by atoms with van der Waals surface area (Å²) in [5.41, 5.74) is 3.04. The van der Waals surface area contributed by atoms with Crippen molar-refractivity contribution in [1.29, 1.82) is 0 Å². The van der Waals surface area contributed by atoms with Crippen LogP contribution in [-0.4, -0.2) is 12.9 Å². The molecule has 30 heavy (non-hydrogen) atoms. The van der Waals surface area contributed by atoms with Crippen LogP contribution in [0.25, 0.3) is 6.08 Å². The number of carbonyl (C=O) groups excluding carboxylic acids is 1. The summed E-state index contributed by atoms with van der Waals surface area (Å²) >= 11 is 12.0. The van der Waals surface area contributed by atoms with Gasteiger partial charge in [0, 0.05) is 6.07 Å². The molecule has 3 aromatic carbocycles. The lowest BCUT2D eigenvalue weighted by molar-refractivity contribution is 0.101. The largest absolute Gasteiger partial charge is 0.497 e. The molecule has 1 aliphatic heterocycles. The summed E-state index contributed by atoms with van der Waals surface area (Å²) in [6, 6.07) is 16.3. The van der Waals surface area contributed by atoms with Crippen LogP contribution in [0.5, 0.6) is 17.2 Å². The van der Waals surface area contributed by atoms with E-state index in [-0.39, 0.29) is 11.5 Å². The number of hydrogen-bond donors (Lipinski definition) is 0. The first-order valence-electron chi connectivity index (χ1n) is 9.24. The van der Waals surface area contributed by atoms with Gasteiger partial charge in [-0.05, 0) is 60.0 Å². The second-order valence-electron chi connectivity index (χ2n) is 6.87. The van der Waals surface area contributed by atoms with Crippen LogP contribution in [0.15, 0.2) is 60.4 Å². The summed E-state index contributed by atoms with van der Waals surface area (Å²) in [4.78, 5) is 12.8. The lowest BCUT2D eigenvalue weighted by Crippen LogP contribution is -2.00. The maximum absolute atomic E-state index is 12.8. The van der Waals surface area contributed by atoms with Crippen molar-refractivity contribution in [3.05, 3.63) is 92.7 Å². The predicted octanol–water partition coefficient (Wildman–Crippen LogP) is 6.51. The number of ketones is 1. The van der Waals surface area contributed by atoms with Crippen LogP contribution in [0.1, 0.15) is 27.0 Å². The van der Waals surface area contributed by atoms with Gasteiger partial charge in [-0.3, -0.25) is 4.79 Å². The molecule has 0 aliphatic carbocycles. The molecule has 1 aliphatic rings. The zero-order valence-electron chi connectivity index (χ0n) is 16.4. The fourth-order valence-corrected chi connectivity index (χ4v) is 3.56. The maximum atomic E-state index is 12.8. The SMILES string of the molecule is COc1cccc(/C=C2\Oc3cc(OCc4ccc(Cl)c(Cl)c4)cc(C)c3C2=O)c1. The average molecular weight is 441 g/mol. The number of halogens is 2. The number of carbonyl (C=O) groups is 1. The Labute approximate surface area is 184 Å². The second-order valence-corrected chi connectivity index (χ2v) is 7.68. The third-order valence-electron chi connectivity index (χ3n) is 4.72. The van der Waals surface area contributed by atoms with Crippen molar-refractivity contribution < 1.29 is 19.0 Å². The quantitative estimate of drug-likeness (QED) is 0.424. The Morgan fingerprint density at radius 2 is 1.83 bits per heavy atom. The molecule has 0 N–H and O–H groups in total. The fraction of sp³-hybridized carbons (Fsp3) is 0.125. The number of rotatable bonds is 5. The first-order valence-corrected chi connectivity index (χ1v) is 10.00. The third-order valence-corrected chi connectivity index (χ3v) is 5.46. The third kappa shape index (κ3) is 4.16. The van der Waals surface area contributed by atoms with Crippen molar-refractivity contribution in [2.75, 3.05) is 7.11 Å². The summed E-state index contributed by atoms with van der Waals surface area (Å²) in [6.07, 6.45) is 1.71. The molecule has 4 nitrogen and oxygen atoms in total. The Morgan fingerprint density at radius 1 is 1.00 bits per heavy atom. The van der Waals surface area contributed by atoms with Crippen molar-refractivity contribution in [3.63, 3.8) is 0 Å². The lowest BCUT2D eigenvalue weighted by Gasteiger charge is -2.10. The molecular formula is C24H18Cl2O4. The molecule has 0 amide bonds. The van der Waals surface area contributed by atoms with Crippen LogP contribution in [0.4, 0.5) is 0 Å². The minimum Gasteiger partial charge on any atom is -0.497 e. The van der Waals surface area contributed by atoms with Crippen LogP contribution in [0, 0.1) is 6.92 Å². The van der Waals surface area contributed by atoms with Crippen LogP contribution in [-0.2, 0) is 6.61 Å². The van der Waals surface area contributed by atoms with E-state index in [1.807, 2.05) is 43.3 Å². The molecule has 0 spiro atoms. The Bertz CT molecular complexity index is 1170. The summed E-state index contributed by atoms with van der Waals surface area (Å²) in [6.45, 7) is 2.18. The molecule has 4 rings (SSSR count). The number of Topliss-reactive ketones (excluding diaryl/α,β-unsaturated/α-hetero) is 1. The fourth-order valence-electron chi connectivity index (χ4n) is 3.24. The summed E-state index contributed by atoms with van der Waals surface area (Å²) in [7, 11) is 1.60. The van der Waals surface area contributed by atoms with Crippen LogP contribution >= 0.6 is 23.2 Å². The van der Waals surface area contributed by atoms with Gasteiger partial charge in [0.15, 0.2) is 5.76 Å². The first-order chi connectivity index (χ1) is 14.4. The number of methoxy groups -OCH3 is 1. The van der Waals surface area contributed by atoms with E-state index in [4.69, 9.17) is 37.4 Å². The average Bonchev–Trinajstić information content (AvgIpc) is 3.04. The molecule has 6 heteroatoms. The van der Waals surface area contributed by atoms with Crippen molar-refractivity contribution >= 4 is 35.1 Å². The smallest absolute Gasteiger partial charge is 0.232 e. The molecule has 0 fully saturated rings. The van der Waals surface area contributed by atoms with E-state index >= 15 is 0 Å². The monoisotopic (exact) mass is 440 g/mol. The highest BCUT2D eigenvalue weighted by Gasteiger charge is 2.30. The van der Waals surface area contributed by atoms with Crippen molar-refractivity contribution in [1.82, 2.24) is 0 Å². The molecular weight excluding hydrogens is 423 g/mol. The number of fused-ring (bicyclic) bond motifs is 1. The summed E-state index contributed by atoms with van der Waals surface area (Å²) < 4.78 is 17.0. The van der Waals surface area contributed by atoms with Gasteiger partial charge < -0.3 is 14.2 Å². The first kappa shape index (κ1) is 20.3. The van der Waals surface area contributed by atoms with Gasteiger partial charge in [0.2, 0.25) is 5.78 Å². The van der Waals surface area contributed by atoms with Gasteiger partial charge in [-0.15, -0.1) is 0 Å². The zero-order chi connectivity index (χ0) is 21.3. The molecule has 0 radical (unpaired) electrons. The molecule has 0 atom stereocenters. The van der Waals surface area contributed by atoms with E-state index in [9.17, 15) is 4.79 Å². The molecule has 0 saturated heterocycles. The number of hydrogen-bond acceptors (Lipinski definition) is 4. The normalized spacial score (nSPS) is 13.9. The summed E-state index contributed by atoms with van der Waals surface area (Å²) in [5.74, 6) is 1.91. The van der Waals surface area contributed by atoms with Gasteiger partial charge >= 0.3 is 0 Å². The van der Waals surface area contributed by atoms with E-state index < -0.39 is 0 Å². The Hall–Kier alpha value is -2.95. The standard InChI is InChI=1S/C24H18Cl2O4/c1-14-8-18(29-13-16-6-7-19(25)20(26)10-16)12-21-23(14)24(27)22(30-21)11-15-4-3-5-17(9-15)28-2/h3-12H,13H2,1-2H3/b22-11-. The minimum atomic E-state index is -0.152. The summed E-state index contributed by atoms with van der Waals surface area (Å²) in [5, 5.41) is 0.972. The maximum Gasteiger partial charge on any atom is 0.232 e. The Balaban J connectivity index is 1.56. The van der Waals surface area contributed by atoms with E-state index in [1.54, 1.807) is 31.4 Å². The molecule has 0 aromatic heterocycles. The van der Waals surface area contributed by atoms with Gasteiger partial charge in [-0.1, -0.05) is 41.4 Å². The lowest BCUT2D eigenvalue weighted by atomic mass is 10.0. The zero-order valence-corrected chi connectivity index (χ0v) is 17.9. The number of benzene rings is 3. The molecule has 0 saturated carbocycles. The minimum absolute atomic E-state index is 0.152. The molecule has 0 bridgehead atoms. The van der Waals surface area contributed by atoms with Crippen LogP contribution in [0.2, 0.25) is 10.0 Å². The number of allylic oxidation sites excluding steroid dienone is 1. The van der Waals surface area contributed by atoms with Gasteiger partial charge in [0.05, 0.1) is 22.7 Å². The van der Waals surface area contributed by atoms with Crippen molar-refractivity contribution in [3.8, 4) is 17.2 Å². The molecule has 1 heterocycles. The topological polar surface area (TPSA) is 44.8 Å². The van der Waals surface area contributed by atoms with E-state index in [0.29, 0.717) is 39.5 Å². The van der Waals surface area contributed by atoms with Crippen LogP contribution in [0.3, 0.4) is 0 Å². The van der Waals surface area contributed by atoms with Gasteiger partial charge in [-0.2, -0.15) is 0 Å². The highest BCUT2D eigenvalue weighted by Crippen LogP contribution is 2.38. The highest BCUT2D eigenvalue weighted by molar-refractivity contribution is 6.42. The van der Waals surface area contributed by atoms with E-state index in [2.05, 4.69) is 0 Å². The predicted molar refractivity (Wildman–Crippen MR) is 118 cm³/mol. The van der Waals surface area contributed by atoms with Gasteiger partial charge in [0.25, 0.3) is 0 Å². The van der Waals surface area contributed by atoms with Crippen LogP contribution < -0.4 is 14.2 Å².